The third kappa shape index (κ3) is 5.97. The van der Waals surface area contributed by atoms with Crippen molar-refractivity contribution in [3.8, 4) is 5.75 Å². The molecule has 33 heavy (non-hydrogen) atoms. The maximum absolute atomic E-state index is 14.0. The van der Waals surface area contributed by atoms with Crippen molar-refractivity contribution < 1.29 is 42.4 Å². The first-order valence-corrected chi connectivity index (χ1v) is 9.88. The van der Waals surface area contributed by atoms with Crippen molar-refractivity contribution in [2.75, 3.05) is 13.2 Å². The van der Waals surface area contributed by atoms with Crippen LogP contribution in [0.4, 0.5) is 13.2 Å². The number of aliphatic hydroxyl groups excluding tert-OH is 1. The van der Waals surface area contributed by atoms with Crippen molar-refractivity contribution in [3.63, 3.8) is 0 Å². The second-order valence-corrected chi connectivity index (χ2v) is 6.86. The van der Waals surface area contributed by atoms with Crippen molar-refractivity contribution in [2.24, 2.45) is 5.73 Å². The summed E-state index contributed by atoms with van der Waals surface area (Å²) in [7, 11) is 0. The summed E-state index contributed by atoms with van der Waals surface area (Å²) in [6.45, 7) is 2.19. The molecule has 0 saturated carbocycles. The molecule has 0 radical (unpaired) electrons. The molecule has 2 rings (SSSR count). The van der Waals surface area contributed by atoms with Gasteiger partial charge in [-0.25, -0.2) is 18.0 Å². The Hall–Kier alpha value is -3.22. The summed E-state index contributed by atoms with van der Waals surface area (Å²) >= 11 is 0. The number of Topliss-reactive ketones (excluding diaryl/α,β-unsaturated/α-hetero) is 1. The van der Waals surface area contributed by atoms with Gasteiger partial charge in [0.15, 0.2) is 23.5 Å². The number of esters is 1. The van der Waals surface area contributed by atoms with Crippen LogP contribution in [0.3, 0.4) is 0 Å². The SMILES string of the molecule is CCOC(=O)c1c(OCC)c(=O)c(C(=O)[C@@H](N)Cc2c(F)cc(F)cc2F)cn1CC(O)O. The summed E-state index contributed by atoms with van der Waals surface area (Å²) in [5, 5.41) is 18.8. The molecule has 180 valence electrons. The number of carbonyl (C=O) groups is 2. The lowest BCUT2D eigenvalue weighted by molar-refractivity contribution is -0.0519. The molecule has 1 heterocycles. The van der Waals surface area contributed by atoms with E-state index in [1.54, 1.807) is 0 Å². The average molecular weight is 472 g/mol. The minimum Gasteiger partial charge on any atom is -0.488 e. The molecule has 0 aliphatic carbocycles. The topological polar surface area (TPSA) is 141 Å². The van der Waals surface area contributed by atoms with Crippen LogP contribution in [-0.2, 0) is 17.7 Å². The van der Waals surface area contributed by atoms with Gasteiger partial charge >= 0.3 is 5.97 Å². The first kappa shape index (κ1) is 26.0. The highest BCUT2D eigenvalue weighted by Gasteiger charge is 2.30. The van der Waals surface area contributed by atoms with E-state index in [4.69, 9.17) is 15.2 Å². The van der Waals surface area contributed by atoms with Gasteiger partial charge in [0.25, 0.3) is 0 Å². The van der Waals surface area contributed by atoms with E-state index in [1.165, 1.54) is 13.8 Å². The van der Waals surface area contributed by atoms with Gasteiger partial charge in [-0.3, -0.25) is 9.59 Å². The number of halogens is 3. The minimum absolute atomic E-state index is 0.0688. The van der Waals surface area contributed by atoms with Crippen LogP contribution in [0.25, 0.3) is 0 Å². The van der Waals surface area contributed by atoms with Crippen molar-refractivity contribution in [1.29, 1.82) is 0 Å². The van der Waals surface area contributed by atoms with Gasteiger partial charge in [0.2, 0.25) is 5.43 Å². The second-order valence-electron chi connectivity index (χ2n) is 6.86. The van der Waals surface area contributed by atoms with Gasteiger partial charge in [0, 0.05) is 30.3 Å². The van der Waals surface area contributed by atoms with Gasteiger partial charge in [-0.1, -0.05) is 0 Å². The van der Waals surface area contributed by atoms with Crippen LogP contribution in [0.2, 0.25) is 0 Å². The fourth-order valence-electron chi connectivity index (χ4n) is 3.10. The zero-order valence-corrected chi connectivity index (χ0v) is 17.8. The van der Waals surface area contributed by atoms with Gasteiger partial charge in [0.05, 0.1) is 31.4 Å². The summed E-state index contributed by atoms with van der Waals surface area (Å²) in [4.78, 5) is 38.3. The number of hydrogen-bond donors (Lipinski definition) is 3. The molecular weight excluding hydrogens is 449 g/mol. The average Bonchev–Trinajstić information content (AvgIpc) is 2.72. The number of pyridine rings is 1. The van der Waals surface area contributed by atoms with Crippen molar-refractivity contribution in [2.45, 2.75) is 39.1 Å². The summed E-state index contributed by atoms with van der Waals surface area (Å²) in [5.41, 5.74) is 3.00. The van der Waals surface area contributed by atoms with Crippen LogP contribution in [0, 0.1) is 17.5 Å². The summed E-state index contributed by atoms with van der Waals surface area (Å²) in [5.74, 6) is -6.35. The first-order chi connectivity index (χ1) is 15.5. The Morgan fingerprint density at radius 2 is 1.73 bits per heavy atom. The van der Waals surface area contributed by atoms with E-state index in [-0.39, 0.29) is 13.2 Å². The third-order valence-corrected chi connectivity index (χ3v) is 4.49. The number of nitrogens with two attached hydrogens (primary N) is 1. The maximum atomic E-state index is 14.0. The predicted molar refractivity (Wildman–Crippen MR) is 108 cm³/mol. The molecule has 0 saturated heterocycles. The predicted octanol–water partition coefficient (Wildman–Crippen LogP) is 0.904. The van der Waals surface area contributed by atoms with E-state index >= 15 is 0 Å². The molecule has 1 aromatic carbocycles. The number of rotatable bonds is 10. The van der Waals surface area contributed by atoms with Gasteiger partial charge in [-0.2, -0.15) is 0 Å². The molecule has 0 fully saturated rings. The monoisotopic (exact) mass is 472 g/mol. The Morgan fingerprint density at radius 1 is 1.12 bits per heavy atom. The highest BCUT2D eigenvalue weighted by molar-refractivity contribution is 6.01. The second kappa shape index (κ2) is 11.1. The lowest BCUT2D eigenvalue weighted by Crippen LogP contribution is -2.38. The van der Waals surface area contributed by atoms with E-state index in [0.29, 0.717) is 12.1 Å². The number of carbonyl (C=O) groups excluding carboxylic acids is 2. The quantitative estimate of drug-likeness (QED) is 0.263. The Morgan fingerprint density at radius 3 is 2.24 bits per heavy atom. The molecule has 0 spiro atoms. The van der Waals surface area contributed by atoms with Crippen LogP contribution in [0.1, 0.15) is 40.3 Å². The minimum atomic E-state index is -1.99. The van der Waals surface area contributed by atoms with E-state index in [9.17, 15) is 37.8 Å². The number of nitrogens with zero attached hydrogens (tertiary/aromatic N) is 1. The van der Waals surface area contributed by atoms with E-state index in [2.05, 4.69) is 0 Å². The molecule has 12 heteroatoms. The Bertz CT molecular complexity index is 1080. The Kier molecular flexibility index (Phi) is 8.74. The van der Waals surface area contributed by atoms with Gasteiger partial charge in [0.1, 0.15) is 17.5 Å². The molecule has 0 bridgehead atoms. The number of ketones is 1. The molecule has 0 aliphatic heterocycles. The lowest BCUT2D eigenvalue weighted by atomic mass is 9.97. The van der Waals surface area contributed by atoms with Crippen LogP contribution < -0.4 is 15.9 Å². The molecule has 2 aromatic rings. The van der Waals surface area contributed by atoms with Gasteiger partial charge < -0.3 is 30.0 Å². The number of aliphatic hydroxyl groups is 2. The van der Waals surface area contributed by atoms with Gasteiger partial charge in [-0.05, 0) is 13.8 Å². The Balaban J connectivity index is 2.58. The largest absolute Gasteiger partial charge is 0.488 e. The molecule has 0 aliphatic rings. The summed E-state index contributed by atoms with van der Waals surface area (Å²) in [6, 6.07) is -0.790. The molecule has 1 atom stereocenters. The molecule has 0 amide bonds. The molecule has 4 N–H and O–H groups in total. The smallest absolute Gasteiger partial charge is 0.359 e. The summed E-state index contributed by atoms with van der Waals surface area (Å²) < 4.78 is 52.1. The Labute approximate surface area is 186 Å². The molecule has 1 aromatic heterocycles. The van der Waals surface area contributed by atoms with Crippen LogP contribution in [0.15, 0.2) is 23.1 Å². The van der Waals surface area contributed by atoms with E-state index < -0.39 is 82.5 Å². The molecule has 0 unspecified atom stereocenters. The van der Waals surface area contributed by atoms with Crippen LogP contribution in [-0.4, -0.2) is 52.1 Å². The highest BCUT2D eigenvalue weighted by Crippen LogP contribution is 2.20. The first-order valence-electron chi connectivity index (χ1n) is 9.88. The van der Waals surface area contributed by atoms with Crippen molar-refractivity contribution in [3.05, 3.63) is 62.8 Å². The normalized spacial score (nSPS) is 12.0. The number of ether oxygens (including phenoxy) is 2. The van der Waals surface area contributed by atoms with Crippen LogP contribution >= 0.6 is 0 Å². The fraction of sp³-hybridized carbons (Fsp3) is 0.381. The number of hydrogen-bond acceptors (Lipinski definition) is 8. The third-order valence-electron chi connectivity index (χ3n) is 4.49. The standard InChI is InChI=1S/C21H23F3N2O7/c1-3-32-20-17(21(31)33-4-2)26(9-16(27)28)8-12(19(20)30)18(29)15(25)7-11-13(23)5-10(22)6-14(11)24/h5-6,8,15-16,27-28H,3-4,7,9,25H2,1-2H3/t15-/m0/s1. The number of benzene rings is 1. The van der Waals surface area contributed by atoms with Crippen molar-refractivity contribution >= 4 is 11.8 Å². The van der Waals surface area contributed by atoms with Gasteiger partial charge in [-0.15, -0.1) is 0 Å². The number of aromatic nitrogens is 1. The highest BCUT2D eigenvalue weighted by atomic mass is 19.1. The molecular formula is C21H23F3N2O7. The summed E-state index contributed by atoms with van der Waals surface area (Å²) in [6.07, 6.45) is -1.84. The zero-order chi connectivity index (χ0) is 24.9. The fourth-order valence-corrected chi connectivity index (χ4v) is 3.10. The van der Waals surface area contributed by atoms with Crippen LogP contribution in [0.5, 0.6) is 5.75 Å². The van der Waals surface area contributed by atoms with Crippen molar-refractivity contribution in [1.82, 2.24) is 4.57 Å². The lowest BCUT2D eigenvalue weighted by Gasteiger charge is -2.19. The van der Waals surface area contributed by atoms with E-state index in [1.807, 2.05) is 0 Å². The zero-order valence-electron chi connectivity index (χ0n) is 17.8. The molecule has 9 nitrogen and oxygen atoms in total. The maximum Gasteiger partial charge on any atom is 0.359 e. The van der Waals surface area contributed by atoms with E-state index in [0.717, 1.165) is 10.8 Å².